The highest BCUT2D eigenvalue weighted by Crippen LogP contribution is 2.43. The molecular formula is C22H39O10P. The van der Waals surface area contributed by atoms with Crippen molar-refractivity contribution in [2.45, 2.75) is 103 Å². The van der Waals surface area contributed by atoms with Gasteiger partial charge in [0, 0.05) is 6.42 Å². The molecule has 0 aliphatic carbocycles. The topological polar surface area (TPSA) is 160 Å². The Morgan fingerprint density at radius 2 is 1.64 bits per heavy atom. The highest BCUT2D eigenvalue weighted by atomic mass is 31.2. The number of ether oxygens (including phenoxy) is 2. The van der Waals surface area contributed by atoms with Gasteiger partial charge in [-0.2, -0.15) is 0 Å². The molecule has 0 bridgehead atoms. The van der Waals surface area contributed by atoms with Crippen molar-refractivity contribution in [2.75, 3.05) is 6.61 Å². The van der Waals surface area contributed by atoms with E-state index in [1.807, 2.05) is 0 Å². The Bertz CT molecular complexity index is 687. The summed E-state index contributed by atoms with van der Waals surface area (Å²) in [4.78, 5) is 42.2. The van der Waals surface area contributed by atoms with Gasteiger partial charge in [-0.25, -0.2) is 9.36 Å². The van der Waals surface area contributed by atoms with Gasteiger partial charge in [0.15, 0.2) is 6.10 Å². The number of unbranched alkanes of at least 4 members (excludes halogenated alkanes) is 5. The first-order chi connectivity index (χ1) is 15.6. The third kappa shape index (κ3) is 11.5. The second-order valence-electron chi connectivity index (χ2n) is 8.43. The first-order valence-corrected chi connectivity index (χ1v) is 13.4. The zero-order valence-corrected chi connectivity index (χ0v) is 20.5. The summed E-state index contributed by atoms with van der Waals surface area (Å²) in [6.07, 6.45) is 8.69. The number of cyclic esters (lactones) is 1. The van der Waals surface area contributed by atoms with Crippen molar-refractivity contribution >= 4 is 19.8 Å². The predicted octanol–water partition coefficient (Wildman–Crippen LogP) is 3.47. The molecule has 0 saturated carbocycles. The van der Waals surface area contributed by atoms with Crippen molar-refractivity contribution in [3.63, 3.8) is 0 Å². The molecule has 0 aromatic rings. The fourth-order valence-corrected chi connectivity index (χ4v) is 4.17. The van der Waals surface area contributed by atoms with E-state index in [1.165, 1.54) is 44.9 Å². The number of aliphatic hydroxyl groups is 2. The predicted molar refractivity (Wildman–Crippen MR) is 119 cm³/mol. The normalized spacial score (nSPS) is 18.2. The largest absolute Gasteiger partial charge is 0.525 e. The Morgan fingerprint density at radius 1 is 1.03 bits per heavy atom. The summed E-state index contributed by atoms with van der Waals surface area (Å²) in [6.45, 7) is 3.52. The number of rotatable bonds is 18. The fourth-order valence-electron chi connectivity index (χ4n) is 3.77. The van der Waals surface area contributed by atoms with Crippen molar-refractivity contribution in [2.24, 2.45) is 5.92 Å². The molecule has 4 N–H and O–H groups in total. The number of esters is 2. The molecule has 10 nitrogen and oxygen atoms in total. The molecular weight excluding hydrogens is 455 g/mol. The smallest absolute Gasteiger partial charge is 0.445 e. The van der Waals surface area contributed by atoms with Crippen LogP contribution in [0.3, 0.4) is 0 Å². The van der Waals surface area contributed by atoms with Crippen LogP contribution in [-0.4, -0.2) is 50.8 Å². The zero-order chi connectivity index (χ0) is 24.9. The minimum atomic E-state index is -5.15. The lowest BCUT2D eigenvalue weighted by molar-refractivity contribution is -0.151. The van der Waals surface area contributed by atoms with Crippen LogP contribution in [0.15, 0.2) is 11.5 Å². The number of phosphoric acid groups is 1. The maximum atomic E-state index is 12.3. The van der Waals surface area contributed by atoms with Gasteiger partial charge >= 0.3 is 19.8 Å². The van der Waals surface area contributed by atoms with Crippen LogP contribution in [0.2, 0.25) is 0 Å². The minimum Gasteiger partial charge on any atom is -0.445 e. The minimum absolute atomic E-state index is 0.0130. The lowest BCUT2D eigenvalue weighted by Gasteiger charge is -2.18. The van der Waals surface area contributed by atoms with Crippen molar-refractivity contribution in [3.8, 4) is 0 Å². The Hall–Kier alpha value is -1.45. The Kier molecular flexibility index (Phi) is 13.9. The number of hydrogen-bond donors (Lipinski definition) is 4. The van der Waals surface area contributed by atoms with Crippen LogP contribution in [0.25, 0.3) is 0 Å². The Balaban J connectivity index is 2.63. The average Bonchev–Trinajstić information content (AvgIpc) is 3.04. The second-order valence-corrected chi connectivity index (χ2v) is 9.59. The van der Waals surface area contributed by atoms with Gasteiger partial charge in [0.1, 0.15) is 6.10 Å². The lowest BCUT2D eigenvalue weighted by atomic mass is 9.90. The van der Waals surface area contributed by atoms with E-state index in [0.29, 0.717) is 12.3 Å². The van der Waals surface area contributed by atoms with Gasteiger partial charge in [-0.1, -0.05) is 78.1 Å². The molecule has 11 heteroatoms. The molecule has 1 heterocycles. The van der Waals surface area contributed by atoms with Crippen LogP contribution in [0, 0.1) is 5.92 Å². The number of aliphatic hydroxyl groups excluding tert-OH is 2. The molecule has 33 heavy (non-hydrogen) atoms. The maximum Gasteiger partial charge on any atom is 0.525 e. The maximum absolute atomic E-state index is 12.3. The lowest BCUT2D eigenvalue weighted by Crippen LogP contribution is -2.33. The zero-order valence-electron chi connectivity index (χ0n) is 19.6. The molecule has 1 aliphatic rings. The molecule has 0 aromatic heterocycles. The molecule has 3 atom stereocenters. The summed E-state index contributed by atoms with van der Waals surface area (Å²) in [5.41, 5.74) is 0. The van der Waals surface area contributed by atoms with Gasteiger partial charge < -0.3 is 24.2 Å². The summed E-state index contributed by atoms with van der Waals surface area (Å²) in [5.74, 6) is -3.07. The molecule has 1 rings (SSSR count). The number of phosphoric ester groups is 1. The summed E-state index contributed by atoms with van der Waals surface area (Å²) < 4.78 is 25.3. The molecule has 0 aromatic carbocycles. The fraction of sp³-hybridized carbons (Fsp3) is 0.818. The standard InChI is InChI=1S/C22H39O10P/c1-3-5-7-8-12-16(11-6-4-2)13-9-10-14-18(25)30-20-19(17(24)15-23)31-22(26)21(20)32-33(27,28)29/h16-17,19,23-24H,3-15H2,1-2H3,(H2,27,28,29)/t16?,17-,19+/m0/s1. The molecule has 0 spiro atoms. The molecule has 1 unspecified atom stereocenters. The van der Waals surface area contributed by atoms with Crippen LogP contribution in [0.4, 0.5) is 0 Å². The van der Waals surface area contributed by atoms with E-state index in [9.17, 15) is 19.3 Å². The summed E-state index contributed by atoms with van der Waals surface area (Å²) in [5, 5.41) is 19.0. The molecule has 192 valence electrons. The third-order valence-electron chi connectivity index (χ3n) is 5.55. The van der Waals surface area contributed by atoms with Gasteiger partial charge in [-0.3, -0.25) is 14.6 Å². The van der Waals surface area contributed by atoms with E-state index in [-0.39, 0.29) is 6.42 Å². The highest BCUT2D eigenvalue weighted by molar-refractivity contribution is 7.46. The number of carbonyl (C=O) groups excluding carboxylic acids is 2. The van der Waals surface area contributed by atoms with Crippen molar-refractivity contribution in [1.29, 1.82) is 0 Å². The molecule has 0 radical (unpaired) electrons. The van der Waals surface area contributed by atoms with Gasteiger partial charge in [-0.15, -0.1) is 0 Å². The van der Waals surface area contributed by atoms with E-state index in [1.54, 1.807) is 0 Å². The van der Waals surface area contributed by atoms with Crippen LogP contribution in [0.5, 0.6) is 0 Å². The first-order valence-electron chi connectivity index (χ1n) is 11.8. The SMILES string of the molecule is CCCCCCC(CCCC)CCCCC(=O)OC1=C(OP(=O)(O)O)C(=O)O[C@@H]1[C@@H](O)CO. The number of hydrogen-bond acceptors (Lipinski definition) is 8. The second kappa shape index (κ2) is 15.5. The van der Waals surface area contributed by atoms with E-state index in [0.717, 1.165) is 19.3 Å². The summed E-state index contributed by atoms with van der Waals surface area (Å²) >= 11 is 0. The van der Waals surface area contributed by atoms with Gasteiger partial charge in [0.25, 0.3) is 5.76 Å². The molecule has 0 amide bonds. The van der Waals surface area contributed by atoms with E-state index in [4.69, 9.17) is 24.4 Å². The van der Waals surface area contributed by atoms with E-state index >= 15 is 0 Å². The van der Waals surface area contributed by atoms with E-state index < -0.39 is 50.1 Å². The molecule has 1 aliphatic heterocycles. The summed E-state index contributed by atoms with van der Waals surface area (Å²) in [6, 6.07) is 0. The monoisotopic (exact) mass is 494 g/mol. The molecule has 0 saturated heterocycles. The summed E-state index contributed by atoms with van der Waals surface area (Å²) in [7, 11) is -5.15. The van der Waals surface area contributed by atoms with Crippen molar-refractivity contribution in [3.05, 3.63) is 11.5 Å². The van der Waals surface area contributed by atoms with Crippen LogP contribution in [0.1, 0.15) is 90.9 Å². The number of carbonyl (C=O) groups is 2. The van der Waals surface area contributed by atoms with Gasteiger partial charge in [0.2, 0.25) is 5.76 Å². The van der Waals surface area contributed by atoms with Crippen LogP contribution >= 0.6 is 7.82 Å². The van der Waals surface area contributed by atoms with Gasteiger partial charge in [-0.05, 0) is 12.3 Å². The van der Waals surface area contributed by atoms with E-state index in [2.05, 4.69) is 18.4 Å². The average molecular weight is 495 g/mol. The first kappa shape index (κ1) is 29.6. The quantitative estimate of drug-likeness (QED) is 0.126. The van der Waals surface area contributed by atoms with Crippen molar-refractivity contribution in [1.82, 2.24) is 0 Å². The third-order valence-corrected chi connectivity index (χ3v) is 5.97. The van der Waals surface area contributed by atoms with Crippen molar-refractivity contribution < 1.29 is 48.2 Å². The highest BCUT2D eigenvalue weighted by Gasteiger charge is 2.45. The van der Waals surface area contributed by atoms with Crippen LogP contribution in [-0.2, 0) is 28.2 Å². The Labute approximate surface area is 195 Å². The molecule has 0 fully saturated rings. The van der Waals surface area contributed by atoms with Crippen LogP contribution < -0.4 is 0 Å². The Morgan fingerprint density at radius 3 is 2.21 bits per heavy atom. The van der Waals surface area contributed by atoms with Gasteiger partial charge in [0.05, 0.1) is 6.61 Å².